The van der Waals surface area contributed by atoms with Crippen LogP contribution in [0, 0.1) is 29.1 Å². The number of nitrogens with zero attached hydrogens (tertiary/aromatic N) is 2. The van der Waals surface area contributed by atoms with Gasteiger partial charge in [0.1, 0.15) is 6.04 Å². The summed E-state index contributed by atoms with van der Waals surface area (Å²) < 4.78 is 0. The highest BCUT2D eigenvalue weighted by Crippen LogP contribution is 2.45. The van der Waals surface area contributed by atoms with Crippen molar-refractivity contribution in [2.75, 3.05) is 0 Å². The van der Waals surface area contributed by atoms with Crippen molar-refractivity contribution < 1.29 is 9.59 Å². The topological polar surface area (TPSA) is 61.2 Å². The van der Waals surface area contributed by atoms with Crippen molar-refractivity contribution in [1.29, 1.82) is 5.26 Å². The van der Waals surface area contributed by atoms with Gasteiger partial charge in [-0.05, 0) is 25.2 Å². The third-order valence-electron chi connectivity index (χ3n) is 4.37. The fourth-order valence-corrected chi connectivity index (χ4v) is 3.32. The van der Waals surface area contributed by atoms with Crippen molar-refractivity contribution in [3.8, 4) is 6.07 Å². The largest absolute Gasteiger partial charge is 0.274 e. The van der Waals surface area contributed by atoms with Gasteiger partial charge >= 0.3 is 0 Å². The van der Waals surface area contributed by atoms with E-state index in [0.717, 1.165) is 25.7 Å². The number of imide groups is 1. The van der Waals surface area contributed by atoms with E-state index in [1.165, 1.54) is 4.90 Å². The average molecular weight is 248 g/mol. The van der Waals surface area contributed by atoms with Crippen LogP contribution in [0.5, 0.6) is 0 Å². The van der Waals surface area contributed by atoms with Crippen LogP contribution in [0.25, 0.3) is 0 Å². The van der Waals surface area contributed by atoms with E-state index in [1.54, 1.807) is 0 Å². The average Bonchev–Trinajstić information content (AvgIpc) is 2.89. The highest BCUT2D eigenvalue weighted by molar-refractivity contribution is 6.06. The highest BCUT2D eigenvalue weighted by atomic mass is 16.2. The molecule has 0 aromatic heterocycles. The summed E-state index contributed by atoms with van der Waals surface area (Å²) in [5, 5.41) is 9.12. The van der Waals surface area contributed by atoms with Gasteiger partial charge in [-0.15, -0.1) is 0 Å². The van der Waals surface area contributed by atoms with E-state index in [4.69, 9.17) is 5.26 Å². The Morgan fingerprint density at radius 1 is 1.28 bits per heavy atom. The molecule has 0 radical (unpaired) electrons. The standard InChI is InChI=1S/C14H20N2O2/c1-3-5-10(8-15)16-13(17)11-6-9(4-2)7-12(11)14(16)18/h9-12H,3-7H2,1-2H3. The number of amides is 2. The van der Waals surface area contributed by atoms with E-state index in [0.29, 0.717) is 12.3 Å². The molecule has 1 saturated carbocycles. The molecule has 0 bridgehead atoms. The van der Waals surface area contributed by atoms with E-state index >= 15 is 0 Å². The summed E-state index contributed by atoms with van der Waals surface area (Å²) in [7, 11) is 0. The van der Waals surface area contributed by atoms with E-state index in [2.05, 4.69) is 13.0 Å². The molecule has 0 aromatic rings. The molecule has 0 aromatic carbocycles. The molecule has 1 saturated heterocycles. The first-order valence-electron chi connectivity index (χ1n) is 6.90. The molecule has 1 heterocycles. The Hall–Kier alpha value is -1.37. The number of rotatable bonds is 4. The molecule has 4 heteroatoms. The third-order valence-corrected chi connectivity index (χ3v) is 4.37. The van der Waals surface area contributed by atoms with Crippen LogP contribution in [0.2, 0.25) is 0 Å². The smallest absolute Gasteiger partial charge is 0.234 e. The molecule has 0 spiro atoms. The molecule has 2 fully saturated rings. The Labute approximate surface area is 108 Å². The minimum Gasteiger partial charge on any atom is -0.274 e. The van der Waals surface area contributed by atoms with Crippen molar-refractivity contribution in [1.82, 2.24) is 4.90 Å². The van der Waals surface area contributed by atoms with Crippen molar-refractivity contribution in [2.24, 2.45) is 17.8 Å². The van der Waals surface area contributed by atoms with Crippen molar-refractivity contribution in [3.05, 3.63) is 0 Å². The summed E-state index contributed by atoms with van der Waals surface area (Å²) in [5.74, 6) is 0.0222. The SMILES string of the molecule is CCCC(C#N)N1C(=O)C2CC(CC)CC2C1=O. The predicted octanol–water partition coefficient (Wildman–Crippen LogP) is 2.10. The maximum absolute atomic E-state index is 12.3. The first-order chi connectivity index (χ1) is 8.63. The van der Waals surface area contributed by atoms with Gasteiger partial charge in [0.25, 0.3) is 0 Å². The number of hydrogen-bond acceptors (Lipinski definition) is 3. The molecular weight excluding hydrogens is 228 g/mol. The van der Waals surface area contributed by atoms with Gasteiger partial charge < -0.3 is 0 Å². The van der Waals surface area contributed by atoms with E-state index in [1.807, 2.05) is 6.92 Å². The number of carbonyl (C=O) groups excluding carboxylic acids is 2. The van der Waals surface area contributed by atoms with Gasteiger partial charge in [-0.25, -0.2) is 0 Å². The second kappa shape index (κ2) is 5.09. The fourth-order valence-electron chi connectivity index (χ4n) is 3.32. The highest BCUT2D eigenvalue weighted by Gasteiger charge is 2.53. The van der Waals surface area contributed by atoms with Crippen LogP contribution in [0.3, 0.4) is 0 Å². The second-order valence-corrected chi connectivity index (χ2v) is 5.44. The summed E-state index contributed by atoms with van der Waals surface area (Å²) >= 11 is 0. The normalized spacial score (nSPS) is 32.5. The van der Waals surface area contributed by atoms with Gasteiger partial charge in [0.2, 0.25) is 11.8 Å². The summed E-state index contributed by atoms with van der Waals surface area (Å²) in [6, 6.07) is 1.55. The lowest BCUT2D eigenvalue weighted by molar-refractivity contribution is -0.142. The molecule has 18 heavy (non-hydrogen) atoms. The molecule has 2 amide bonds. The van der Waals surface area contributed by atoms with Crippen LogP contribution in [0.1, 0.15) is 46.0 Å². The van der Waals surface area contributed by atoms with Crippen molar-refractivity contribution >= 4 is 11.8 Å². The predicted molar refractivity (Wildman–Crippen MR) is 66.2 cm³/mol. The fraction of sp³-hybridized carbons (Fsp3) is 0.786. The summed E-state index contributed by atoms with van der Waals surface area (Å²) in [6.07, 6.45) is 4.08. The van der Waals surface area contributed by atoms with Gasteiger partial charge in [-0.1, -0.05) is 26.7 Å². The number of fused-ring (bicyclic) bond motifs is 1. The van der Waals surface area contributed by atoms with Crippen LogP contribution in [-0.4, -0.2) is 22.8 Å². The maximum atomic E-state index is 12.3. The zero-order chi connectivity index (χ0) is 13.3. The third kappa shape index (κ3) is 1.92. The molecule has 1 aliphatic carbocycles. The maximum Gasteiger partial charge on any atom is 0.234 e. The summed E-state index contributed by atoms with van der Waals surface area (Å²) in [6.45, 7) is 4.07. The quantitative estimate of drug-likeness (QED) is 0.716. The molecule has 3 atom stereocenters. The minimum atomic E-state index is -0.555. The molecule has 4 nitrogen and oxygen atoms in total. The Balaban J connectivity index is 2.16. The lowest BCUT2D eigenvalue weighted by atomic mass is 10.00. The lowest BCUT2D eigenvalue weighted by Gasteiger charge is -2.22. The van der Waals surface area contributed by atoms with Crippen molar-refractivity contribution in [2.45, 2.75) is 52.0 Å². The van der Waals surface area contributed by atoms with E-state index in [9.17, 15) is 9.59 Å². The molecule has 2 rings (SSSR count). The zero-order valence-corrected chi connectivity index (χ0v) is 11.1. The molecular formula is C14H20N2O2. The summed E-state index contributed by atoms with van der Waals surface area (Å²) in [4.78, 5) is 25.8. The van der Waals surface area contributed by atoms with E-state index < -0.39 is 6.04 Å². The van der Waals surface area contributed by atoms with Crippen LogP contribution >= 0.6 is 0 Å². The number of hydrogen-bond donors (Lipinski definition) is 0. The number of carbonyl (C=O) groups is 2. The molecule has 98 valence electrons. The first kappa shape index (κ1) is 13.1. The molecule has 3 unspecified atom stereocenters. The zero-order valence-electron chi connectivity index (χ0n) is 11.1. The van der Waals surface area contributed by atoms with Gasteiger partial charge in [-0.2, -0.15) is 5.26 Å². The van der Waals surface area contributed by atoms with Crippen molar-refractivity contribution in [3.63, 3.8) is 0 Å². The van der Waals surface area contributed by atoms with E-state index in [-0.39, 0.29) is 23.7 Å². The number of nitriles is 1. The Bertz CT molecular complexity index is 375. The first-order valence-corrected chi connectivity index (χ1v) is 6.90. The Kier molecular flexibility index (Phi) is 3.70. The Morgan fingerprint density at radius 2 is 1.83 bits per heavy atom. The summed E-state index contributed by atoms with van der Waals surface area (Å²) in [5.41, 5.74) is 0. The molecule has 0 N–H and O–H groups in total. The molecule has 1 aliphatic heterocycles. The minimum absolute atomic E-state index is 0.0963. The molecule has 2 aliphatic rings. The number of likely N-dealkylation sites (tertiary alicyclic amines) is 1. The van der Waals surface area contributed by atoms with Crippen LogP contribution in [-0.2, 0) is 9.59 Å². The monoisotopic (exact) mass is 248 g/mol. The lowest BCUT2D eigenvalue weighted by Crippen LogP contribution is -2.40. The van der Waals surface area contributed by atoms with Crippen LogP contribution < -0.4 is 0 Å². The van der Waals surface area contributed by atoms with Gasteiger partial charge in [0.05, 0.1) is 17.9 Å². The Morgan fingerprint density at radius 3 is 2.22 bits per heavy atom. The van der Waals surface area contributed by atoms with Gasteiger partial charge in [0, 0.05) is 0 Å². The van der Waals surface area contributed by atoms with Gasteiger partial charge in [0.15, 0.2) is 0 Å². The van der Waals surface area contributed by atoms with Crippen LogP contribution in [0.15, 0.2) is 0 Å². The van der Waals surface area contributed by atoms with Crippen LogP contribution in [0.4, 0.5) is 0 Å². The second-order valence-electron chi connectivity index (χ2n) is 5.44. The van der Waals surface area contributed by atoms with Gasteiger partial charge in [-0.3, -0.25) is 14.5 Å².